The molecule has 1 aromatic rings. The zero-order valence-electron chi connectivity index (χ0n) is 11.5. The van der Waals surface area contributed by atoms with E-state index in [9.17, 15) is 14.0 Å². The third-order valence-corrected chi connectivity index (χ3v) is 3.51. The van der Waals surface area contributed by atoms with Crippen LogP contribution in [0.2, 0.25) is 0 Å². The van der Waals surface area contributed by atoms with Gasteiger partial charge in [-0.15, -0.1) is 0 Å². The van der Waals surface area contributed by atoms with E-state index in [-0.39, 0.29) is 23.4 Å². The van der Waals surface area contributed by atoms with Crippen molar-refractivity contribution >= 4 is 11.9 Å². The molecule has 0 aliphatic carbocycles. The summed E-state index contributed by atoms with van der Waals surface area (Å²) in [7, 11) is 0. The number of halogens is 1. The minimum atomic E-state index is -0.509. The number of carbonyl (C=O) groups excluding carboxylic acids is 2. The zero-order chi connectivity index (χ0) is 14.5. The number of hydrogen-bond donors (Lipinski definition) is 0. The molecule has 1 heterocycles. The second kappa shape index (κ2) is 6.50. The monoisotopic (exact) mass is 279 g/mol. The normalized spacial score (nSPS) is 16.0. The Bertz CT molecular complexity index is 496. The lowest BCUT2D eigenvalue weighted by Crippen LogP contribution is -2.40. The molecule has 0 saturated carbocycles. The number of likely N-dealkylation sites (tertiary alicyclic amines) is 1. The second-order valence-electron chi connectivity index (χ2n) is 4.80. The van der Waals surface area contributed by atoms with Gasteiger partial charge in [-0.3, -0.25) is 9.59 Å². The zero-order valence-corrected chi connectivity index (χ0v) is 11.5. The molecule has 1 aromatic carbocycles. The van der Waals surface area contributed by atoms with E-state index in [1.807, 2.05) is 0 Å². The van der Waals surface area contributed by atoms with Gasteiger partial charge in [0, 0.05) is 13.1 Å². The molecule has 0 radical (unpaired) electrons. The Morgan fingerprint density at radius 2 is 1.95 bits per heavy atom. The summed E-state index contributed by atoms with van der Waals surface area (Å²) in [5, 5.41) is 0. The van der Waals surface area contributed by atoms with Crippen molar-refractivity contribution < 1.29 is 18.7 Å². The Kier molecular flexibility index (Phi) is 4.71. The van der Waals surface area contributed by atoms with E-state index in [1.165, 1.54) is 12.1 Å². The molecule has 1 amide bonds. The van der Waals surface area contributed by atoms with Gasteiger partial charge < -0.3 is 9.64 Å². The van der Waals surface area contributed by atoms with Crippen LogP contribution in [0.4, 0.5) is 4.39 Å². The molecule has 5 heteroatoms. The molecule has 4 nitrogen and oxygen atoms in total. The van der Waals surface area contributed by atoms with Gasteiger partial charge in [-0.1, -0.05) is 12.1 Å². The van der Waals surface area contributed by atoms with Crippen molar-refractivity contribution in [1.82, 2.24) is 4.90 Å². The first-order valence-corrected chi connectivity index (χ1v) is 6.84. The molecule has 0 unspecified atom stereocenters. The number of benzene rings is 1. The van der Waals surface area contributed by atoms with E-state index < -0.39 is 5.82 Å². The maximum atomic E-state index is 13.6. The smallest absolute Gasteiger partial charge is 0.309 e. The number of hydrogen-bond acceptors (Lipinski definition) is 3. The first kappa shape index (κ1) is 14.5. The number of piperidine rings is 1. The summed E-state index contributed by atoms with van der Waals surface area (Å²) in [5.74, 6) is -1.18. The third kappa shape index (κ3) is 3.15. The average molecular weight is 279 g/mol. The quantitative estimate of drug-likeness (QED) is 0.797. The molecular weight excluding hydrogens is 261 g/mol. The van der Waals surface area contributed by atoms with E-state index in [2.05, 4.69) is 0 Å². The summed E-state index contributed by atoms with van der Waals surface area (Å²) in [6, 6.07) is 5.95. The van der Waals surface area contributed by atoms with Crippen LogP contribution in [0.5, 0.6) is 0 Å². The highest BCUT2D eigenvalue weighted by molar-refractivity contribution is 5.94. The van der Waals surface area contributed by atoms with Gasteiger partial charge in [-0.25, -0.2) is 4.39 Å². The fourth-order valence-electron chi connectivity index (χ4n) is 2.38. The summed E-state index contributed by atoms with van der Waals surface area (Å²) in [6.45, 7) is 3.05. The number of amides is 1. The Labute approximate surface area is 117 Å². The van der Waals surface area contributed by atoms with Crippen LogP contribution in [0.3, 0.4) is 0 Å². The molecule has 0 aromatic heterocycles. The summed E-state index contributed by atoms with van der Waals surface area (Å²) >= 11 is 0. The first-order chi connectivity index (χ1) is 9.63. The van der Waals surface area contributed by atoms with E-state index in [1.54, 1.807) is 24.0 Å². The van der Waals surface area contributed by atoms with Gasteiger partial charge >= 0.3 is 5.97 Å². The van der Waals surface area contributed by atoms with Crippen molar-refractivity contribution in [3.05, 3.63) is 35.6 Å². The van der Waals surface area contributed by atoms with Gasteiger partial charge in [0.15, 0.2) is 0 Å². The first-order valence-electron chi connectivity index (χ1n) is 6.84. The van der Waals surface area contributed by atoms with Gasteiger partial charge in [-0.2, -0.15) is 0 Å². The molecule has 0 bridgehead atoms. The number of rotatable bonds is 3. The number of ether oxygens (including phenoxy) is 1. The average Bonchev–Trinajstić information content (AvgIpc) is 2.47. The number of nitrogens with zero attached hydrogens (tertiary/aromatic N) is 1. The standard InChI is InChI=1S/C15H18FNO3/c1-2-20-15(19)11-7-9-17(10-8-11)14(18)12-5-3-4-6-13(12)16/h3-6,11H,2,7-10H2,1H3. The molecule has 1 aliphatic rings. The number of esters is 1. The van der Waals surface area contributed by atoms with Gasteiger partial charge in [0.2, 0.25) is 0 Å². The Morgan fingerprint density at radius 1 is 1.30 bits per heavy atom. The van der Waals surface area contributed by atoms with Gasteiger partial charge in [0.05, 0.1) is 18.1 Å². The van der Waals surface area contributed by atoms with Gasteiger partial charge in [0.25, 0.3) is 5.91 Å². The highest BCUT2D eigenvalue weighted by Crippen LogP contribution is 2.21. The molecule has 1 aliphatic heterocycles. The van der Waals surface area contributed by atoms with Crippen LogP contribution < -0.4 is 0 Å². The minimum absolute atomic E-state index is 0.0853. The molecule has 0 N–H and O–H groups in total. The SMILES string of the molecule is CCOC(=O)C1CCN(C(=O)c2ccccc2F)CC1. The summed E-state index contributed by atoms with van der Waals surface area (Å²) in [5.41, 5.74) is 0.0853. The topological polar surface area (TPSA) is 46.6 Å². The highest BCUT2D eigenvalue weighted by atomic mass is 19.1. The van der Waals surface area contributed by atoms with Gasteiger partial charge in [0.1, 0.15) is 5.82 Å². The van der Waals surface area contributed by atoms with Crippen LogP contribution in [0, 0.1) is 11.7 Å². The molecular formula is C15H18FNO3. The third-order valence-electron chi connectivity index (χ3n) is 3.51. The van der Waals surface area contributed by atoms with Gasteiger partial charge in [-0.05, 0) is 31.9 Å². The maximum Gasteiger partial charge on any atom is 0.309 e. The molecule has 20 heavy (non-hydrogen) atoms. The lowest BCUT2D eigenvalue weighted by atomic mass is 9.96. The Hall–Kier alpha value is -1.91. The van der Waals surface area contributed by atoms with Crippen molar-refractivity contribution in [2.24, 2.45) is 5.92 Å². The van der Waals surface area contributed by atoms with Crippen molar-refractivity contribution in [2.45, 2.75) is 19.8 Å². The van der Waals surface area contributed by atoms with E-state index in [0.29, 0.717) is 32.5 Å². The molecule has 0 spiro atoms. The van der Waals surface area contributed by atoms with Crippen LogP contribution in [0.15, 0.2) is 24.3 Å². The predicted octanol–water partition coefficient (Wildman–Crippen LogP) is 2.24. The summed E-state index contributed by atoms with van der Waals surface area (Å²) in [6.07, 6.45) is 1.14. The molecule has 1 fully saturated rings. The van der Waals surface area contributed by atoms with E-state index in [0.717, 1.165) is 0 Å². The van der Waals surface area contributed by atoms with Crippen LogP contribution >= 0.6 is 0 Å². The fraction of sp³-hybridized carbons (Fsp3) is 0.467. The molecule has 2 rings (SSSR count). The Balaban J connectivity index is 1.96. The van der Waals surface area contributed by atoms with Crippen molar-refractivity contribution in [1.29, 1.82) is 0 Å². The van der Waals surface area contributed by atoms with Crippen molar-refractivity contribution in [2.75, 3.05) is 19.7 Å². The second-order valence-corrected chi connectivity index (χ2v) is 4.80. The summed E-state index contributed by atoms with van der Waals surface area (Å²) in [4.78, 5) is 25.4. The molecule has 108 valence electrons. The fourth-order valence-corrected chi connectivity index (χ4v) is 2.38. The van der Waals surface area contributed by atoms with Crippen LogP contribution in [0.25, 0.3) is 0 Å². The lowest BCUT2D eigenvalue weighted by molar-refractivity contribution is -0.149. The maximum absolute atomic E-state index is 13.6. The minimum Gasteiger partial charge on any atom is -0.466 e. The molecule has 1 saturated heterocycles. The Morgan fingerprint density at radius 3 is 2.55 bits per heavy atom. The van der Waals surface area contributed by atoms with E-state index in [4.69, 9.17) is 4.74 Å². The van der Waals surface area contributed by atoms with Crippen LogP contribution in [0.1, 0.15) is 30.1 Å². The predicted molar refractivity (Wildman–Crippen MR) is 71.7 cm³/mol. The lowest BCUT2D eigenvalue weighted by Gasteiger charge is -2.31. The van der Waals surface area contributed by atoms with E-state index >= 15 is 0 Å². The number of carbonyl (C=O) groups is 2. The van der Waals surface area contributed by atoms with Crippen molar-refractivity contribution in [3.63, 3.8) is 0 Å². The van der Waals surface area contributed by atoms with Crippen LogP contribution in [-0.4, -0.2) is 36.5 Å². The van der Waals surface area contributed by atoms with Crippen LogP contribution in [-0.2, 0) is 9.53 Å². The van der Waals surface area contributed by atoms with Crippen molar-refractivity contribution in [3.8, 4) is 0 Å². The summed E-state index contributed by atoms with van der Waals surface area (Å²) < 4.78 is 18.6. The largest absolute Gasteiger partial charge is 0.466 e. The highest BCUT2D eigenvalue weighted by Gasteiger charge is 2.29. The molecule has 0 atom stereocenters.